The van der Waals surface area contributed by atoms with Gasteiger partial charge >= 0.3 is 0 Å². The molecule has 0 atom stereocenters. The molecule has 3 aromatic rings. The Bertz CT molecular complexity index is 821. The molecule has 4 heteroatoms. The van der Waals surface area contributed by atoms with E-state index in [4.69, 9.17) is 11.6 Å². The number of anilines is 1. The summed E-state index contributed by atoms with van der Waals surface area (Å²) in [5, 5.41) is 4.60. The Hall–Kier alpha value is -2.26. The van der Waals surface area contributed by atoms with Gasteiger partial charge in [0.05, 0.1) is 5.41 Å². The van der Waals surface area contributed by atoms with Gasteiger partial charge in [-0.25, -0.2) is 0 Å². The zero-order valence-corrected chi connectivity index (χ0v) is 13.2. The second-order valence-electron chi connectivity index (χ2n) is 5.84. The Morgan fingerprint density at radius 2 is 1.86 bits per heavy atom. The van der Waals surface area contributed by atoms with E-state index in [1.54, 1.807) is 0 Å². The number of benzene rings is 2. The average molecular weight is 313 g/mol. The fourth-order valence-corrected chi connectivity index (χ4v) is 2.71. The number of hydrogen-bond acceptors (Lipinski definition) is 1. The number of rotatable bonds is 3. The van der Waals surface area contributed by atoms with Gasteiger partial charge in [-0.2, -0.15) is 0 Å². The van der Waals surface area contributed by atoms with Gasteiger partial charge < -0.3 is 10.3 Å². The first kappa shape index (κ1) is 14.7. The van der Waals surface area contributed by atoms with Crippen molar-refractivity contribution in [2.75, 3.05) is 5.32 Å². The highest BCUT2D eigenvalue weighted by Gasteiger charge is 2.32. The molecular weight excluding hydrogens is 296 g/mol. The molecule has 112 valence electrons. The van der Waals surface area contributed by atoms with Crippen LogP contribution in [0.25, 0.3) is 10.9 Å². The van der Waals surface area contributed by atoms with E-state index in [0.717, 1.165) is 22.2 Å². The molecule has 0 bridgehead atoms. The van der Waals surface area contributed by atoms with E-state index in [-0.39, 0.29) is 5.91 Å². The van der Waals surface area contributed by atoms with Gasteiger partial charge in [-0.05, 0) is 49.7 Å². The third-order valence-corrected chi connectivity index (χ3v) is 4.15. The lowest BCUT2D eigenvalue weighted by Crippen LogP contribution is -2.34. The van der Waals surface area contributed by atoms with Gasteiger partial charge in [0.2, 0.25) is 5.91 Å². The van der Waals surface area contributed by atoms with E-state index in [1.165, 1.54) is 0 Å². The Morgan fingerprint density at radius 1 is 1.14 bits per heavy atom. The van der Waals surface area contributed by atoms with Gasteiger partial charge in [-0.3, -0.25) is 4.79 Å². The molecule has 0 aliphatic heterocycles. The van der Waals surface area contributed by atoms with Crippen molar-refractivity contribution in [1.29, 1.82) is 0 Å². The monoisotopic (exact) mass is 312 g/mol. The molecule has 0 spiro atoms. The Morgan fingerprint density at radius 3 is 2.59 bits per heavy atom. The highest BCUT2D eigenvalue weighted by molar-refractivity contribution is 6.31. The normalized spacial score (nSPS) is 11.6. The van der Waals surface area contributed by atoms with Crippen molar-refractivity contribution in [2.24, 2.45) is 0 Å². The zero-order chi connectivity index (χ0) is 15.7. The molecule has 0 saturated heterocycles. The third kappa shape index (κ3) is 2.60. The first-order valence-electron chi connectivity index (χ1n) is 7.12. The smallest absolute Gasteiger partial charge is 0.234 e. The summed E-state index contributed by atoms with van der Waals surface area (Å²) in [4.78, 5) is 15.9. The first-order valence-corrected chi connectivity index (χ1v) is 7.50. The summed E-state index contributed by atoms with van der Waals surface area (Å²) in [5.41, 5.74) is 2.01. The SMILES string of the molecule is CC(C)(C(=O)Nc1ccccc1)c1c[nH]c2ccc(Cl)cc12. The summed E-state index contributed by atoms with van der Waals surface area (Å²) in [6.07, 6.45) is 1.88. The first-order chi connectivity index (χ1) is 10.5. The summed E-state index contributed by atoms with van der Waals surface area (Å²) in [6, 6.07) is 15.1. The van der Waals surface area contributed by atoms with Crippen LogP contribution in [0, 0.1) is 0 Å². The quantitative estimate of drug-likeness (QED) is 0.721. The lowest BCUT2D eigenvalue weighted by Gasteiger charge is -2.23. The topological polar surface area (TPSA) is 44.9 Å². The highest BCUT2D eigenvalue weighted by Crippen LogP contribution is 2.33. The summed E-state index contributed by atoms with van der Waals surface area (Å²) >= 11 is 6.09. The minimum atomic E-state index is -0.682. The molecule has 1 amide bonds. The molecule has 1 aromatic heterocycles. The van der Waals surface area contributed by atoms with Crippen molar-refractivity contribution in [1.82, 2.24) is 4.98 Å². The van der Waals surface area contributed by atoms with Crippen molar-refractivity contribution in [3.05, 3.63) is 65.3 Å². The number of carbonyl (C=O) groups excluding carboxylic acids is 1. The number of H-pyrrole nitrogens is 1. The fourth-order valence-electron chi connectivity index (χ4n) is 2.54. The summed E-state index contributed by atoms with van der Waals surface area (Å²) in [7, 11) is 0. The van der Waals surface area contributed by atoms with E-state index in [1.807, 2.05) is 68.6 Å². The number of nitrogens with one attached hydrogen (secondary N) is 2. The molecule has 3 nitrogen and oxygen atoms in total. The summed E-state index contributed by atoms with van der Waals surface area (Å²) < 4.78 is 0. The molecule has 3 rings (SSSR count). The molecule has 1 heterocycles. The number of para-hydroxylation sites is 1. The minimum absolute atomic E-state index is 0.0559. The van der Waals surface area contributed by atoms with Crippen molar-refractivity contribution < 1.29 is 4.79 Å². The molecule has 2 aromatic carbocycles. The number of hydrogen-bond donors (Lipinski definition) is 2. The Labute approximate surface area is 134 Å². The Kier molecular flexibility index (Phi) is 3.67. The summed E-state index contributed by atoms with van der Waals surface area (Å²) in [6.45, 7) is 3.82. The van der Waals surface area contributed by atoms with Gasteiger partial charge in [0.15, 0.2) is 0 Å². The molecule has 2 N–H and O–H groups in total. The van der Waals surface area contributed by atoms with Crippen LogP contribution in [0.15, 0.2) is 54.7 Å². The second-order valence-corrected chi connectivity index (χ2v) is 6.27. The van der Waals surface area contributed by atoms with E-state index in [9.17, 15) is 4.79 Å². The van der Waals surface area contributed by atoms with Crippen molar-refractivity contribution in [2.45, 2.75) is 19.3 Å². The highest BCUT2D eigenvalue weighted by atomic mass is 35.5. The predicted octanol–water partition coefficient (Wildman–Crippen LogP) is 4.74. The molecule has 0 fully saturated rings. The molecule has 0 saturated carbocycles. The number of halogens is 1. The Balaban J connectivity index is 1.97. The number of amides is 1. The van der Waals surface area contributed by atoms with Crippen LogP contribution in [-0.4, -0.2) is 10.9 Å². The van der Waals surface area contributed by atoms with E-state index in [2.05, 4.69) is 10.3 Å². The lowest BCUT2D eigenvalue weighted by molar-refractivity contribution is -0.120. The zero-order valence-electron chi connectivity index (χ0n) is 12.5. The molecule has 0 unspecified atom stereocenters. The minimum Gasteiger partial charge on any atom is -0.361 e. The van der Waals surface area contributed by atoms with E-state index < -0.39 is 5.41 Å². The lowest BCUT2D eigenvalue weighted by atomic mass is 9.83. The molecule has 0 aliphatic rings. The van der Waals surface area contributed by atoms with Gasteiger partial charge in [0.25, 0.3) is 0 Å². The maximum Gasteiger partial charge on any atom is 0.234 e. The molecule has 0 aliphatic carbocycles. The van der Waals surface area contributed by atoms with Gasteiger partial charge in [0.1, 0.15) is 0 Å². The van der Waals surface area contributed by atoms with Crippen LogP contribution in [0.1, 0.15) is 19.4 Å². The maximum absolute atomic E-state index is 12.7. The van der Waals surface area contributed by atoms with Crippen molar-refractivity contribution >= 4 is 34.1 Å². The van der Waals surface area contributed by atoms with Crippen LogP contribution >= 0.6 is 11.6 Å². The molecule has 0 radical (unpaired) electrons. The fraction of sp³-hybridized carbons (Fsp3) is 0.167. The molecule has 22 heavy (non-hydrogen) atoms. The average Bonchev–Trinajstić information content (AvgIpc) is 2.91. The van der Waals surface area contributed by atoms with Crippen LogP contribution in [-0.2, 0) is 10.2 Å². The van der Waals surface area contributed by atoms with E-state index in [0.29, 0.717) is 5.02 Å². The summed E-state index contributed by atoms with van der Waals surface area (Å²) in [5.74, 6) is -0.0559. The van der Waals surface area contributed by atoms with Gasteiger partial charge in [-0.15, -0.1) is 0 Å². The van der Waals surface area contributed by atoms with Crippen molar-refractivity contribution in [3.63, 3.8) is 0 Å². The number of carbonyl (C=O) groups is 1. The van der Waals surface area contributed by atoms with Crippen LogP contribution in [0.4, 0.5) is 5.69 Å². The van der Waals surface area contributed by atoms with Crippen LogP contribution < -0.4 is 5.32 Å². The second kappa shape index (κ2) is 5.50. The number of aromatic nitrogens is 1. The van der Waals surface area contributed by atoms with Crippen LogP contribution in [0.3, 0.4) is 0 Å². The van der Waals surface area contributed by atoms with Gasteiger partial charge in [0, 0.05) is 27.8 Å². The predicted molar refractivity (Wildman–Crippen MR) is 91.4 cm³/mol. The third-order valence-electron chi connectivity index (χ3n) is 3.92. The van der Waals surface area contributed by atoms with Crippen molar-refractivity contribution in [3.8, 4) is 0 Å². The number of aromatic amines is 1. The number of fused-ring (bicyclic) bond motifs is 1. The van der Waals surface area contributed by atoms with Gasteiger partial charge in [-0.1, -0.05) is 29.8 Å². The largest absolute Gasteiger partial charge is 0.361 e. The van der Waals surface area contributed by atoms with E-state index >= 15 is 0 Å². The maximum atomic E-state index is 12.7. The van der Waals surface area contributed by atoms with Crippen LogP contribution in [0.5, 0.6) is 0 Å². The van der Waals surface area contributed by atoms with Crippen LogP contribution in [0.2, 0.25) is 5.02 Å². The molecular formula is C18H17ClN2O. The standard InChI is InChI=1S/C18H17ClN2O/c1-18(2,17(22)21-13-6-4-3-5-7-13)15-11-20-16-9-8-12(19)10-14(15)16/h3-11,20H,1-2H3,(H,21,22).